The van der Waals surface area contributed by atoms with Crippen LogP contribution < -0.4 is 10.6 Å². The fourth-order valence-corrected chi connectivity index (χ4v) is 3.26. The molecule has 7 heteroatoms. The Morgan fingerprint density at radius 3 is 2.66 bits per heavy atom. The molecule has 0 saturated carbocycles. The van der Waals surface area contributed by atoms with Gasteiger partial charge in [0.25, 0.3) is 0 Å². The van der Waals surface area contributed by atoms with Crippen LogP contribution in [0.1, 0.15) is 44.5 Å². The molecule has 0 bridgehead atoms. The van der Waals surface area contributed by atoms with Gasteiger partial charge < -0.3 is 20.3 Å². The van der Waals surface area contributed by atoms with Crippen LogP contribution in [-0.4, -0.2) is 46.9 Å². The van der Waals surface area contributed by atoms with Gasteiger partial charge in [-0.15, -0.1) is 24.0 Å². The van der Waals surface area contributed by atoms with Crippen LogP contribution in [0, 0.1) is 5.92 Å². The van der Waals surface area contributed by atoms with Gasteiger partial charge in [0, 0.05) is 51.6 Å². The molecule has 0 amide bonds. The summed E-state index contributed by atoms with van der Waals surface area (Å²) >= 11 is 0. The third-order valence-electron chi connectivity index (χ3n) is 4.72. The first kappa shape index (κ1) is 25.4. The molecule has 162 valence electrons. The summed E-state index contributed by atoms with van der Waals surface area (Å²) in [5.74, 6) is 2.34. The topological polar surface area (TPSA) is 74.5 Å². The van der Waals surface area contributed by atoms with E-state index < -0.39 is 0 Å². The molecule has 1 aromatic heterocycles. The van der Waals surface area contributed by atoms with Gasteiger partial charge in [0.1, 0.15) is 5.82 Å². The zero-order valence-corrected chi connectivity index (χ0v) is 20.0. The summed E-state index contributed by atoms with van der Waals surface area (Å²) in [6.07, 6.45) is 7.76. The molecule has 1 heterocycles. The van der Waals surface area contributed by atoms with Crippen LogP contribution in [0.4, 0.5) is 0 Å². The van der Waals surface area contributed by atoms with Crippen molar-refractivity contribution in [3.8, 4) is 0 Å². The molecule has 1 atom stereocenters. The molecular weight excluding hydrogens is 477 g/mol. The molecule has 0 spiro atoms. The van der Waals surface area contributed by atoms with Crippen LogP contribution in [0.5, 0.6) is 0 Å². The Labute approximate surface area is 192 Å². The monoisotopic (exact) mass is 513 g/mol. The fraction of sp³-hybridized carbons (Fsp3) is 0.545. The minimum atomic E-state index is 0. The summed E-state index contributed by atoms with van der Waals surface area (Å²) < 4.78 is 2.19. The number of guanidine groups is 1. The van der Waals surface area contributed by atoms with E-state index in [0.29, 0.717) is 5.92 Å². The standard InChI is InChI=1S/C22H35N5O.HI/c1-3-8-19(12-16-28)17-26-22(23-4-2)25-13-11-21-24-14-15-27(21)18-20-9-6-5-7-10-20;/h5-7,9-10,14-15,19,28H,3-4,8,11-13,16-18H2,1-2H3,(H2,23,25,26);1H. The van der Waals surface area contributed by atoms with Gasteiger partial charge >= 0.3 is 0 Å². The molecule has 29 heavy (non-hydrogen) atoms. The minimum absolute atomic E-state index is 0. The molecule has 1 unspecified atom stereocenters. The van der Waals surface area contributed by atoms with Crippen molar-refractivity contribution in [1.29, 1.82) is 0 Å². The number of aliphatic imine (C=N–C) groups is 1. The number of benzene rings is 1. The maximum Gasteiger partial charge on any atom is 0.191 e. The molecule has 0 fully saturated rings. The van der Waals surface area contributed by atoms with E-state index in [1.54, 1.807) is 0 Å². The van der Waals surface area contributed by atoms with E-state index in [2.05, 4.69) is 58.3 Å². The molecule has 0 aliphatic heterocycles. The quantitative estimate of drug-likeness (QED) is 0.231. The van der Waals surface area contributed by atoms with Gasteiger partial charge in [-0.3, -0.25) is 4.99 Å². The van der Waals surface area contributed by atoms with Crippen molar-refractivity contribution >= 4 is 29.9 Å². The first-order valence-electron chi connectivity index (χ1n) is 10.4. The molecule has 0 saturated heterocycles. The number of nitrogens with one attached hydrogen (secondary N) is 2. The Morgan fingerprint density at radius 2 is 1.97 bits per heavy atom. The predicted molar refractivity (Wildman–Crippen MR) is 131 cm³/mol. The third kappa shape index (κ3) is 9.62. The Balaban J connectivity index is 0.00000420. The van der Waals surface area contributed by atoms with Gasteiger partial charge in [-0.05, 0) is 31.2 Å². The highest BCUT2D eigenvalue weighted by atomic mass is 127. The highest BCUT2D eigenvalue weighted by Gasteiger charge is 2.08. The maximum atomic E-state index is 9.22. The summed E-state index contributed by atoms with van der Waals surface area (Å²) in [6, 6.07) is 10.4. The highest BCUT2D eigenvalue weighted by Crippen LogP contribution is 2.11. The minimum Gasteiger partial charge on any atom is -0.396 e. The average molecular weight is 513 g/mol. The molecule has 1 aromatic carbocycles. The van der Waals surface area contributed by atoms with Gasteiger partial charge in [-0.2, -0.15) is 0 Å². The van der Waals surface area contributed by atoms with E-state index in [0.717, 1.165) is 63.6 Å². The number of aromatic nitrogens is 2. The van der Waals surface area contributed by atoms with Gasteiger partial charge in [0.05, 0.1) is 0 Å². The summed E-state index contributed by atoms with van der Waals surface area (Å²) in [7, 11) is 0. The van der Waals surface area contributed by atoms with E-state index >= 15 is 0 Å². The Bertz CT molecular complexity index is 684. The lowest BCUT2D eigenvalue weighted by Gasteiger charge is -2.15. The van der Waals surface area contributed by atoms with Crippen molar-refractivity contribution in [2.75, 3.05) is 26.2 Å². The lowest BCUT2D eigenvalue weighted by atomic mass is 10.0. The summed E-state index contributed by atoms with van der Waals surface area (Å²) in [6.45, 7) is 7.66. The smallest absolute Gasteiger partial charge is 0.191 e. The Morgan fingerprint density at radius 1 is 1.17 bits per heavy atom. The van der Waals surface area contributed by atoms with Crippen molar-refractivity contribution in [2.24, 2.45) is 10.9 Å². The number of halogens is 1. The Hall–Kier alpha value is -1.61. The SMILES string of the molecule is CCCC(CCO)CN=C(NCC)NCCc1nccn1Cc1ccccc1.I. The van der Waals surface area contributed by atoms with E-state index in [1.165, 1.54) is 5.56 Å². The molecule has 0 aliphatic rings. The molecular formula is C22H36IN5O. The van der Waals surface area contributed by atoms with E-state index in [9.17, 15) is 5.11 Å². The summed E-state index contributed by atoms with van der Waals surface area (Å²) in [4.78, 5) is 9.23. The van der Waals surface area contributed by atoms with Crippen LogP contribution in [0.25, 0.3) is 0 Å². The third-order valence-corrected chi connectivity index (χ3v) is 4.72. The van der Waals surface area contributed by atoms with Crippen molar-refractivity contribution < 1.29 is 5.11 Å². The molecule has 6 nitrogen and oxygen atoms in total. The number of rotatable bonds is 12. The van der Waals surface area contributed by atoms with Crippen molar-refractivity contribution in [3.63, 3.8) is 0 Å². The van der Waals surface area contributed by atoms with E-state index in [-0.39, 0.29) is 30.6 Å². The summed E-state index contributed by atoms with van der Waals surface area (Å²) in [5.41, 5.74) is 1.27. The number of hydrogen-bond donors (Lipinski definition) is 3. The second-order valence-corrected chi connectivity index (χ2v) is 7.02. The van der Waals surface area contributed by atoms with Crippen LogP contribution in [0.3, 0.4) is 0 Å². The van der Waals surface area contributed by atoms with Crippen molar-refractivity contribution in [1.82, 2.24) is 20.2 Å². The van der Waals surface area contributed by atoms with Gasteiger partial charge in [0.15, 0.2) is 5.96 Å². The van der Waals surface area contributed by atoms with Gasteiger partial charge in [-0.1, -0.05) is 43.7 Å². The molecule has 2 aromatic rings. The number of aliphatic hydroxyl groups is 1. The zero-order valence-electron chi connectivity index (χ0n) is 17.7. The maximum absolute atomic E-state index is 9.22. The normalized spacial score (nSPS) is 12.3. The molecule has 3 N–H and O–H groups in total. The van der Waals surface area contributed by atoms with E-state index in [4.69, 9.17) is 4.99 Å². The first-order valence-corrected chi connectivity index (χ1v) is 10.4. The largest absolute Gasteiger partial charge is 0.396 e. The average Bonchev–Trinajstić information content (AvgIpc) is 3.14. The Kier molecular flexibility index (Phi) is 13.4. The predicted octanol–water partition coefficient (Wildman–Crippen LogP) is 3.45. The van der Waals surface area contributed by atoms with Gasteiger partial charge in [0.2, 0.25) is 0 Å². The molecule has 0 aliphatic carbocycles. The molecule has 0 radical (unpaired) electrons. The number of aliphatic hydroxyl groups excluding tert-OH is 1. The molecule has 2 rings (SSSR count). The number of nitrogens with zero attached hydrogens (tertiary/aromatic N) is 3. The lowest BCUT2D eigenvalue weighted by molar-refractivity contribution is 0.253. The lowest BCUT2D eigenvalue weighted by Crippen LogP contribution is -2.39. The second kappa shape index (κ2) is 15.3. The number of hydrogen-bond acceptors (Lipinski definition) is 3. The van der Waals surface area contributed by atoms with Gasteiger partial charge in [-0.25, -0.2) is 4.98 Å². The highest BCUT2D eigenvalue weighted by molar-refractivity contribution is 14.0. The van der Waals surface area contributed by atoms with Crippen LogP contribution >= 0.6 is 24.0 Å². The van der Waals surface area contributed by atoms with Crippen LogP contribution in [0.2, 0.25) is 0 Å². The van der Waals surface area contributed by atoms with Crippen LogP contribution in [0.15, 0.2) is 47.7 Å². The fourth-order valence-electron chi connectivity index (χ4n) is 3.26. The zero-order chi connectivity index (χ0) is 20.0. The number of imidazole rings is 1. The van der Waals surface area contributed by atoms with Crippen molar-refractivity contribution in [3.05, 3.63) is 54.1 Å². The first-order chi connectivity index (χ1) is 13.8. The van der Waals surface area contributed by atoms with E-state index in [1.807, 2.05) is 18.5 Å². The van der Waals surface area contributed by atoms with Crippen LogP contribution in [-0.2, 0) is 13.0 Å². The van der Waals surface area contributed by atoms with Crippen molar-refractivity contribution in [2.45, 2.75) is 46.1 Å². The second-order valence-electron chi connectivity index (χ2n) is 7.02. The summed E-state index contributed by atoms with van der Waals surface area (Å²) in [5, 5.41) is 15.9.